The Morgan fingerprint density at radius 3 is 2.33 bits per heavy atom. The minimum atomic E-state index is -0.604. The molecule has 0 spiro atoms. The summed E-state index contributed by atoms with van der Waals surface area (Å²) in [5.41, 5.74) is 0. The SMILES string of the molecule is CC1CCC(C)C(NC2CCC(C(=O)O)CC2)C1. The lowest BCUT2D eigenvalue weighted by Gasteiger charge is -2.38. The number of carboxylic acids is 1. The van der Waals surface area contributed by atoms with Gasteiger partial charge in [0.1, 0.15) is 0 Å². The number of hydrogen-bond donors (Lipinski definition) is 2. The van der Waals surface area contributed by atoms with E-state index in [-0.39, 0.29) is 5.92 Å². The van der Waals surface area contributed by atoms with Gasteiger partial charge in [0.25, 0.3) is 0 Å². The molecule has 0 aromatic heterocycles. The Labute approximate surface area is 110 Å². The van der Waals surface area contributed by atoms with E-state index in [1.807, 2.05) is 0 Å². The van der Waals surface area contributed by atoms with Crippen molar-refractivity contribution in [1.29, 1.82) is 0 Å². The van der Waals surface area contributed by atoms with Gasteiger partial charge in [-0.15, -0.1) is 0 Å². The Bertz CT molecular complexity index is 284. The van der Waals surface area contributed by atoms with Crippen LogP contribution in [0.1, 0.15) is 58.8 Å². The summed E-state index contributed by atoms with van der Waals surface area (Å²) in [6.45, 7) is 4.70. The third-order valence-electron chi connectivity index (χ3n) is 4.98. The molecule has 2 rings (SSSR count). The van der Waals surface area contributed by atoms with Crippen LogP contribution in [0.15, 0.2) is 0 Å². The average molecular weight is 253 g/mol. The smallest absolute Gasteiger partial charge is 0.306 e. The van der Waals surface area contributed by atoms with Gasteiger partial charge in [-0.25, -0.2) is 0 Å². The van der Waals surface area contributed by atoms with Crippen molar-refractivity contribution in [2.75, 3.05) is 0 Å². The molecule has 0 aromatic rings. The van der Waals surface area contributed by atoms with Crippen molar-refractivity contribution in [3.8, 4) is 0 Å². The van der Waals surface area contributed by atoms with Crippen molar-refractivity contribution in [3.05, 3.63) is 0 Å². The van der Waals surface area contributed by atoms with Crippen LogP contribution in [0.4, 0.5) is 0 Å². The first-order valence-corrected chi connectivity index (χ1v) is 7.55. The van der Waals surface area contributed by atoms with Gasteiger partial charge in [-0.1, -0.05) is 20.3 Å². The summed E-state index contributed by atoms with van der Waals surface area (Å²) >= 11 is 0. The summed E-state index contributed by atoms with van der Waals surface area (Å²) in [4.78, 5) is 10.9. The van der Waals surface area contributed by atoms with Crippen LogP contribution in [0.2, 0.25) is 0 Å². The molecule has 18 heavy (non-hydrogen) atoms. The first kappa shape index (κ1) is 13.9. The van der Waals surface area contributed by atoms with E-state index in [1.54, 1.807) is 0 Å². The second-order valence-electron chi connectivity index (χ2n) is 6.56. The highest BCUT2D eigenvalue weighted by atomic mass is 16.4. The Kier molecular flexibility index (Phi) is 4.66. The van der Waals surface area contributed by atoms with E-state index in [0.717, 1.165) is 37.5 Å². The van der Waals surface area contributed by atoms with Gasteiger partial charge in [0.15, 0.2) is 0 Å². The van der Waals surface area contributed by atoms with E-state index in [0.29, 0.717) is 12.1 Å². The topological polar surface area (TPSA) is 49.3 Å². The molecule has 104 valence electrons. The summed E-state index contributed by atoms with van der Waals surface area (Å²) < 4.78 is 0. The van der Waals surface area contributed by atoms with Gasteiger partial charge in [-0.2, -0.15) is 0 Å². The second-order valence-corrected chi connectivity index (χ2v) is 6.56. The van der Waals surface area contributed by atoms with Crippen molar-refractivity contribution in [2.24, 2.45) is 17.8 Å². The van der Waals surface area contributed by atoms with E-state index >= 15 is 0 Å². The highest BCUT2D eigenvalue weighted by molar-refractivity contribution is 5.70. The Morgan fingerprint density at radius 1 is 1.06 bits per heavy atom. The van der Waals surface area contributed by atoms with Gasteiger partial charge >= 0.3 is 5.97 Å². The van der Waals surface area contributed by atoms with Gasteiger partial charge in [0, 0.05) is 12.1 Å². The van der Waals surface area contributed by atoms with Gasteiger partial charge in [-0.3, -0.25) is 4.79 Å². The molecule has 0 saturated heterocycles. The second kappa shape index (κ2) is 6.05. The van der Waals surface area contributed by atoms with E-state index in [2.05, 4.69) is 19.2 Å². The van der Waals surface area contributed by atoms with Crippen LogP contribution in [0, 0.1) is 17.8 Å². The van der Waals surface area contributed by atoms with Crippen molar-refractivity contribution in [2.45, 2.75) is 70.9 Å². The molecule has 3 unspecified atom stereocenters. The zero-order valence-corrected chi connectivity index (χ0v) is 11.7. The number of rotatable bonds is 3. The molecular formula is C15H27NO2. The molecule has 2 aliphatic rings. The Hall–Kier alpha value is -0.570. The fourth-order valence-electron chi connectivity index (χ4n) is 3.57. The molecule has 2 N–H and O–H groups in total. The van der Waals surface area contributed by atoms with E-state index in [4.69, 9.17) is 5.11 Å². The highest BCUT2D eigenvalue weighted by Gasteiger charge is 2.30. The maximum Gasteiger partial charge on any atom is 0.306 e. The molecule has 0 aliphatic heterocycles. The molecule has 0 aromatic carbocycles. The fraction of sp³-hybridized carbons (Fsp3) is 0.933. The zero-order chi connectivity index (χ0) is 13.1. The predicted octanol–water partition coefficient (Wildman–Crippen LogP) is 3.04. The first-order valence-electron chi connectivity index (χ1n) is 7.55. The molecular weight excluding hydrogens is 226 g/mol. The molecule has 2 aliphatic carbocycles. The molecule has 3 heteroatoms. The third-order valence-corrected chi connectivity index (χ3v) is 4.98. The Morgan fingerprint density at radius 2 is 1.72 bits per heavy atom. The van der Waals surface area contributed by atoms with Crippen LogP contribution in [0.25, 0.3) is 0 Å². The zero-order valence-electron chi connectivity index (χ0n) is 11.7. The molecule has 2 fully saturated rings. The normalized spacial score (nSPS) is 41.6. The Balaban J connectivity index is 1.78. The van der Waals surface area contributed by atoms with Crippen molar-refractivity contribution < 1.29 is 9.90 Å². The number of nitrogens with one attached hydrogen (secondary N) is 1. The average Bonchev–Trinajstić information content (AvgIpc) is 2.34. The van der Waals surface area contributed by atoms with Crippen molar-refractivity contribution >= 4 is 5.97 Å². The molecule has 2 saturated carbocycles. The van der Waals surface area contributed by atoms with Gasteiger partial charge in [0.05, 0.1) is 5.92 Å². The largest absolute Gasteiger partial charge is 0.481 e. The lowest BCUT2D eigenvalue weighted by Crippen LogP contribution is -2.46. The summed E-state index contributed by atoms with van der Waals surface area (Å²) in [5, 5.41) is 12.8. The standard InChI is InChI=1S/C15H27NO2/c1-10-3-4-11(2)14(9-10)16-13-7-5-12(6-8-13)15(17)18/h10-14,16H,3-9H2,1-2H3,(H,17,18). The molecule has 0 bridgehead atoms. The van der Waals surface area contributed by atoms with Crippen molar-refractivity contribution in [3.63, 3.8) is 0 Å². The van der Waals surface area contributed by atoms with E-state index < -0.39 is 5.97 Å². The van der Waals surface area contributed by atoms with Crippen LogP contribution in [-0.4, -0.2) is 23.2 Å². The molecule has 0 heterocycles. The maximum absolute atomic E-state index is 10.9. The van der Waals surface area contributed by atoms with Gasteiger partial charge < -0.3 is 10.4 Å². The summed E-state index contributed by atoms with van der Waals surface area (Å²) in [7, 11) is 0. The molecule has 0 amide bonds. The van der Waals surface area contributed by atoms with Gasteiger partial charge in [-0.05, 0) is 50.4 Å². The minimum absolute atomic E-state index is 0.0919. The summed E-state index contributed by atoms with van der Waals surface area (Å²) in [6.07, 6.45) is 7.77. The maximum atomic E-state index is 10.9. The van der Waals surface area contributed by atoms with E-state index in [1.165, 1.54) is 19.3 Å². The third kappa shape index (κ3) is 3.47. The summed E-state index contributed by atoms with van der Waals surface area (Å²) in [5.74, 6) is 0.923. The van der Waals surface area contributed by atoms with Crippen LogP contribution >= 0.6 is 0 Å². The van der Waals surface area contributed by atoms with Crippen LogP contribution in [0.3, 0.4) is 0 Å². The predicted molar refractivity (Wildman–Crippen MR) is 72.5 cm³/mol. The number of aliphatic carboxylic acids is 1. The highest BCUT2D eigenvalue weighted by Crippen LogP contribution is 2.31. The lowest BCUT2D eigenvalue weighted by atomic mass is 9.78. The molecule has 3 atom stereocenters. The molecule has 3 nitrogen and oxygen atoms in total. The first-order chi connectivity index (χ1) is 8.56. The lowest BCUT2D eigenvalue weighted by molar-refractivity contribution is -0.142. The van der Waals surface area contributed by atoms with Crippen LogP contribution in [0.5, 0.6) is 0 Å². The summed E-state index contributed by atoms with van der Waals surface area (Å²) in [6, 6.07) is 1.21. The fourth-order valence-corrected chi connectivity index (χ4v) is 3.57. The number of hydrogen-bond acceptors (Lipinski definition) is 2. The van der Waals surface area contributed by atoms with E-state index in [9.17, 15) is 4.79 Å². The van der Waals surface area contributed by atoms with Crippen molar-refractivity contribution in [1.82, 2.24) is 5.32 Å². The molecule has 0 radical (unpaired) electrons. The van der Waals surface area contributed by atoms with Crippen LogP contribution in [-0.2, 0) is 4.79 Å². The monoisotopic (exact) mass is 253 g/mol. The number of carboxylic acid groups (broad SMARTS) is 1. The van der Waals surface area contributed by atoms with Crippen LogP contribution < -0.4 is 5.32 Å². The number of carbonyl (C=O) groups is 1. The van der Waals surface area contributed by atoms with Gasteiger partial charge in [0.2, 0.25) is 0 Å². The minimum Gasteiger partial charge on any atom is -0.481 e. The quantitative estimate of drug-likeness (QED) is 0.812.